The van der Waals surface area contributed by atoms with Crippen LogP contribution in [-0.2, 0) is 6.42 Å². The summed E-state index contributed by atoms with van der Waals surface area (Å²) >= 11 is 6.45. The van der Waals surface area contributed by atoms with Crippen LogP contribution in [0.2, 0.25) is 0 Å². The molecule has 1 aliphatic rings. The summed E-state index contributed by atoms with van der Waals surface area (Å²) in [6.45, 7) is 4.41. The first-order chi connectivity index (χ1) is 6.70. The molecule has 0 saturated carbocycles. The van der Waals surface area contributed by atoms with Crippen molar-refractivity contribution >= 4 is 11.6 Å². The van der Waals surface area contributed by atoms with Crippen molar-refractivity contribution in [3.05, 3.63) is 35.4 Å². The molecule has 76 valence electrons. The largest absolute Gasteiger partial charge is 0.122 e. The van der Waals surface area contributed by atoms with Gasteiger partial charge in [0.15, 0.2) is 0 Å². The van der Waals surface area contributed by atoms with Gasteiger partial charge in [-0.15, -0.1) is 11.6 Å². The monoisotopic (exact) mass is 208 g/mol. The molecule has 0 bridgehead atoms. The average molecular weight is 209 g/mol. The van der Waals surface area contributed by atoms with Crippen LogP contribution in [0, 0.1) is 5.92 Å². The van der Waals surface area contributed by atoms with E-state index >= 15 is 0 Å². The van der Waals surface area contributed by atoms with Crippen molar-refractivity contribution in [3.63, 3.8) is 0 Å². The molecule has 0 aliphatic heterocycles. The zero-order chi connectivity index (χ0) is 10.1. The smallest absolute Gasteiger partial charge is 0.0427 e. The van der Waals surface area contributed by atoms with Gasteiger partial charge >= 0.3 is 0 Å². The van der Waals surface area contributed by atoms with Gasteiger partial charge in [0.2, 0.25) is 0 Å². The van der Waals surface area contributed by atoms with E-state index in [1.807, 2.05) is 0 Å². The van der Waals surface area contributed by atoms with Gasteiger partial charge in [0.25, 0.3) is 0 Å². The maximum Gasteiger partial charge on any atom is 0.0427 e. The van der Waals surface area contributed by atoms with E-state index in [1.165, 1.54) is 24.0 Å². The van der Waals surface area contributed by atoms with Crippen molar-refractivity contribution in [1.29, 1.82) is 0 Å². The normalized spacial score (nSPS) is 22.4. The van der Waals surface area contributed by atoms with Crippen LogP contribution >= 0.6 is 11.6 Å². The average Bonchev–Trinajstić information content (AvgIpc) is 2.60. The number of alkyl halides is 1. The fourth-order valence-electron chi connectivity index (χ4n) is 2.39. The maximum absolute atomic E-state index is 6.45. The Morgan fingerprint density at radius 2 is 2.00 bits per heavy atom. The van der Waals surface area contributed by atoms with Gasteiger partial charge in [0, 0.05) is 11.3 Å². The first kappa shape index (κ1) is 10.0. The standard InChI is InChI=1S/C13H17Cl/c1-9(2)13(14)12-8-7-10-5-3-4-6-11(10)12/h3-6,9,12-13H,7-8H2,1-2H3. The molecule has 14 heavy (non-hydrogen) atoms. The molecule has 1 aromatic carbocycles. The molecule has 0 nitrogen and oxygen atoms in total. The molecule has 1 aliphatic carbocycles. The maximum atomic E-state index is 6.45. The molecule has 0 N–H and O–H groups in total. The van der Waals surface area contributed by atoms with Gasteiger partial charge in [-0.05, 0) is 29.9 Å². The summed E-state index contributed by atoms with van der Waals surface area (Å²) in [5.41, 5.74) is 2.99. The van der Waals surface area contributed by atoms with E-state index in [1.54, 1.807) is 0 Å². The molecule has 2 atom stereocenters. The van der Waals surface area contributed by atoms with Crippen LogP contribution in [0.15, 0.2) is 24.3 Å². The zero-order valence-electron chi connectivity index (χ0n) is 8.83. The second-order valence-electron chi connectivity index (χ2n) is 4.53. The summed E-state index contributed by atoms with van der Waals surface area (Å²) < 4.78 is 0. The van der Waals surface area contributed by atoms with E-state index in [2.05, 4.69) is 38.1 Å². The van der Waals surface area contributed by atoms with Gasteiger partial charge in [0.05, 0.1) is 0 Å². The first-order valence-electron chi connectivity index (χ1n) is 5.42. The highest BCUT2D eigenvalue weighted by Gasteiger charge is 2.29. The number of halogens is 1. The van der Waals surface area contributed by atoms with Crippen molar-refractivity contribution in [3.8, 4) is 0 Å². The molecule has 0 heterocycles. The third kappa shape index (κ3) is 1.68. The van der Waals surface area contributed by atoms with Gasteiger partial charge in [-0.3, -0.25) is 0 Å². The molecule has 0 radical (unpaired) electrons. The molecular formula is C13H17Cl. The lowest BCUT2D eigenvalue weighted by Crippen LogP contribution is -2.16. The van der Waals surface area contributed by atoms with Crippen LogP contribution in [0.5, 0.6) is 0 Å². The zero-order valence-corrected chi connectivity index (χ0v) is 9.59. The SMILES string of the molecule is CC(C)C(Cl)C1CCc2ccccc21. The Hall–Kier alpha value is -0.490. The Bertz CT molecular complexity index is 317. The number of benzene rings is 1. The minimum Gasteiger partial charge on any atom is -0.122 e. The highest BCUT2D eigenvalue weighted by molar-refractivity contribution is 6.21. The van der Waals surface area contributed by atoms with Crippen molar-refractivity contribution < 1.29 is 0 Å². The van der Waals surface area contributed by atoms with E-state index in [0.29, 0.717) is 17.2 Å². The topological polar surface area (TPSA) is 0 Å². The van der Waals surface area contributed by atoms with Crippen LogP contribution in [0.3, 0.4) is 0 Å². The van der Waals surface area contributed by atoms with Gasteiger partial charge in [0.1, 0.15) is 0 Å². The third-order valence-corrected chi connectivity index (χ3v) is 4.01. The Morgan fingerprint density at radius 1 is 1.29 bits per heavy atom. The minimum atomic E-state index is 0.290. The van der Waals surface area contributed by atoms with E-state index in [4.69, 9.17) is 11.6 Å². The highest BCUT2D eigenvalue weighted by atomic mass is 35.5. The molecule has 2 rings (SSSR count). The predicted molar refractivity (Wildman–Crippen MR) is 62.0 cm³/mol. The Balaban J connectivity index is 2.26. The van der Waals surface area contributed by atoms with Crippen LogP contribution in [0.1, 0.15) is 37.3 Å². The molecule has 2 unspecified atom stereocenters. The van der Waals surface area contributed by atoms with E-state index in [9.17, 15) is 0 Å². The molecule has 1 aromatic rings. The third-order valence-electron chi connectivity index (χ3n) is 3.20. The molecule has 0 fully saturated rings. The summed E-state index contributed by atoms with van der Waals surface area (Å²) in [5.74, 6) is 1.14. The molecule has 1 heteroatoms. The fourth-order valence-corrected chi connectivity index (χ4v) is 2.65. The summed E-state index contributed by atoms with van der Waals surface area (Å²) in [6, 6.07) is 8.73. The van der Waals surface area contributed by atoms with Gasteiger partial charge < -0.3 is 0 Å². The van der Waals surface area contributed by atoms with Crippen molar-refractivity contribution in [2.24, 2.45) is 5.92 Å². The summed E-state index contributed by atoms with van der Waals surface area (Å²) in [5, 5.41) is 0.290. The van der Waals surface area contributed by atoms with E-state index in [0.717, 1.165) is 0 Å². The van der Waals surface area contributed by atoms with Crippen molar-refractivity contribution in [2.45, 2.75) is 38.0 Å². The molecule has 0 saturated heterocycles. The van der Waals surface area contributed by atoms with Crippen molar-refractivity contribution in [2.75, 3.05) is 0 Å². The van der Waals surface area contributed by atoms with Gasteiger partial charge in [-0.25, -0.2) is 0 Å². The lowest BCUT2D eigenvalue weighted by molar-refractivity contribution is 0.506. The Kier molecular flexibility index (Phi) is 2.83. The molecule has 0 aromatic heterocycles. The van der Waals surface area contributed by atoms with Crippen molar-refractivity contribution in [1.82, 2.24) is 0 Å². The predicted octanol–water partition coefficient (Wildman–Crippen LogP) is 3.98. The molecule has 0 amide bonds. The Labute approximate surface area is 91.3 Å². The van der Waals surface area contributed by atoms with Gasteiger partial charge in [-0.1, -0.05) is 38.1 Å². The van der Waals surface area contributed by atoms with Crippen LogP contribution in [0.4, 0.5) is 0 Å². The molecular weight excluding hydrogens is 192 g/mol. The number of fused-ring (bicyclic) bond motifs is 1. The van der Waals surface area contributed by atoms with E-state index in [-0.39, 0.29) is 0 Å². The second-order valence-corrected chi connectivity index (χ2v) is 5.04. The highest BCUT2D eigenvalue weighted by Crippen LogP contribution is 2.39. The van der Waals surface area contributed by atoms with E-state index < -0.39 is 0 Å². The summed E-state index contributed by atoms with van der Waals surface area (Å²) in [7, 11) is 0. The summed E-state index contributed by atoms with van der Waals surface area (Å²) in [6.07, 6.45) is 2.43. The minimum absolute atomic E-state index is 0.290. The Morgan fingerprint density at radius 3 is 2.71 bits per heavy atom. The fraction of sp³-hybridized carbons (Fsp3) is 0.538. The van der Waals surface area contributed by atoms with Crippen LogP contribution in [0.25, 0.3) is 0 Å². The number of hydrogen-bond donors (Lipinski definition) is 0. The summed E-state index contributed by atoms with van der Waals surface area (Å²) in [4.78, 5) is 0. The quantitative estimate of drug-likeness (QED) is 0.645. The second kappa shape index (κ2) is 3.94. The van der Waals surface area contributed by atoms with Gasteiger partial charge in [-0.2, -0.15) is 0 Å². The number of aryl methyl sites for hydroxylation is 1. The van der Waals surface area contributed by atoms with Crippen LogP contribution < -0.4 is 0 Å². The molecule has 0 spiro atoms. The first-order valence-corrected chi connectivity index (χ1v) is 5.85. The number of hydrogen-bond acceptors (Lipinski definition) is 0. The lowest BCUT2D eigenvalue weighted by atomic mass is 9.91. The van der Waals surface area contributed by atoms with Crippen LogP contribution in [-0.4, -0.2) is 5.38 Å². The lowest BCUT2D eigenvalue weighted by Gasteiger charge is -2.21. The number of rotatable bonds is 2.